The third kappa shape index (κ3) is 5.58. The Hall–Kier alpha value is -2.84. The number of carboxylic acids is 1. The van der Waals surface area contributed by atoms with Gasteiger partial charge < -0.3 is 26.0 Å². The van der Waals surface area contributed by atoms with Gasteiger partial charge in [0.1, 0.15) is 5.82 Å². The first kappa shape index (κ1) is 20.9. The van der Waals surface area contributed by atoms with Crippen molar-refractivity contribution in [3.8, 4) is 0 Å². The standard InChI is InChI=1S/C20H28FN5O3/c1-13(19(28)29)11-24-18(27)16-6-5-15(10-17(16)21)26-9-2-4-14(12-26)25-20-22-7-3-8-23-20/h5-6,10,13-14H,2-4,7-9,11-12H2,1H3,(H,24,27)(H,28,29)(H2,22,23,25)/t13-,14?/m1/s1. The van der Waals surface area contributed by atoms with Crippen LogP contribution in [-0.4, -0.2) is 61.7 Å². The number of carboxylic acid groups (broad SMARTS) is 1. The highest BCUT2D eigenvalue weighted by Gasteiger charge is 2.23. The zero-order valence-corrected chi connectivity index (χ0v) is 16.6. The average molecular weight is 405 g/mol. The molecule has 0 bridgehead atoms. The van der Waals surface area contributed by atoms with Crippen LogP contribution in [0.3, 0.4) is 0 Å². The van der Waals surface area contributed by atoms with Gasteiger partial charge in [-0.25, -0.2) is 4.39 Å². The van der Waals surface area contributed by atoms with E-state index in [1.165, 1.54) is 19.1 Å². The number of carbonyl (C=O) groups is 2. The molecule has 2 heterocycles. The van der Waals surface area contributed by atoms with E-state index in [4.69, 9.17) is 5.11 Å². The van der Waals surface area contributed by atoms with Crippen LogP contribution in [0.15, 0.2) is 23.2 Å². The Bertz CT molecular complexity index is 785. The molecule has 1 aromatic carbocycles. The summed E-state index contributed by atoms with van der Waals surface area (Å²) in [6.45, 7) is 4.72. The summed E-state index contributed by atoms with van der Waals surface area (Å²) >= 11 is 0. The van der Waals surface area contributed by atoms with Gasteiger partial charge in [-0.1, -0.05) is 6.92 Å². The third-order valence-electron chi connectivity index (χ3n) is 5.21. The molecule has 0 radical (unpaired) electrons. The van der Waals surface area contributed by atoms with E-state index in [2.05, 4.69) is 25.8 Å². The van der Waals surface area contributed by atoms with Crippen molar-refractivity contribution in [3.63, 3.8) is 0 Å². The van der Waals surface area contributed by atoms with Gasteiger partial charge in [0.25, 0.3) is 5.91 Å². The molecule has 9 heteroatoms. The van der Waals surface area contributed by atoms with Crippen LogP contribution < -0.4 is 20.9 Å². The summed E-state index contributed by atoms with van der Waals surface area (Å²) < 4.78 is 14.6. The van der Waals surface area contributed by atoms with Crippen molar-refractivity contribution >= 4 is 23.5 Å². The second-order valence-electron chi connectivity index (χ2n) is 7.55. The molecular formula is C20H28FN5O3. The maximum atomic E-state index is 14.6. The molecule has 1 aromatic rings. The van der Waals surface area contributed by atoms with Crippen molar-refractivity contribution in [2.24, 2.45) is 10.9 Å². The van der Waals surface area contributed by atoms with Crippen molar-refractivity contribution in [2.45, 2.75) is 32.2 Å². The third-order valence-corrected chi connectivity index (χ3v) is 5.21. The van der Waals surface area contributed by atoms with Crippen LogP contribution in [-0.2, 0) is 4.79 Å². The molecule has 0 saturated carbocycles. The maximum absolute atomic E-state index is 14.6. The van der Waals surface area contributed by atoms with Gasteiger partial charge >= 0.3 is 5.97 Å². The lowest BCUT2D eigenvalue weighted by Gasteiger charge is -2.36. The van der Waals surface area contributed by atoms with Crippen LogP contribution in [0.2, 0.25) is 0 Å². The minimum atomic E-state index is -1.01. The Kier molecular flexibility index (Phi) is 6.90. The van der Waals surface area contributed by atoms with Crippen LogP contribution >= 0.6 is 0 Å². The lowest BCUT2D eigenvalue weighted by atomic mass is 10.0. The van der Waals surface area contributed by atoms with Gasteiger partial charge in [0.05, 0.1) is 11.5 Å². The number of rotatable bonds is 6. The van der Waals surface area contributed by atoms with Crippen molar-refractivity contribution in [1.82, 2.24) is 16.0 Å². The first-order valence-electron chi connectivity index (χ1n) is 10.0. The fraction of sp³-hybridized carbons (Fsp3) is 0.550. The van der Waals surface area contributed by atoms with Crippen molar-refractivity contribution < 1.29 is 19.1 Å². The number of hydrogen-bond donors (Lipinski definition) is 4. The predicted octanol–water partition coefficient (Wildman–Crippen LogP) is 1.18. The minimum Gasteiger partial charge on any atom is -0.481 e. The number of benzene rings is 1. The quantitative estimate of drug-likeness (QED) is 0.567. The van der Waals surface area contributed by atoms with Gasteiger partial charge in [0, 0.05) is 44.5 Å². The second-order valence-corrected chi connectivity index (χ2v) is 7.55. The topological polar surface area (TPSA) is 106 Å². The predicted molar refractivity (Wildman–Crippen MR) is 109 cm³/mol. The van der Waals surface area contributed by atoms with E-state index in [1.807, 2.05) is 0 Å². The number of amides is 1. The zero-order valence-electron chi connectivity index (χ0n) is 16.6. The Labute approximate surface area is 169 Å². The summed E-state index contributed by atoms with van der Waals surface area (Å²) in [5.41, 5.74) is 0.641. The second kappa shape index (κ2) is 9.58. The molecule has 158 valence electrons. The fourth-order valence-corrected chi connectivity index (χ4v) is 3.47. The minimum absolute atomic E-state index is 0.0489. The smallest absolute Gasteiger partial charge is 0.308 e. The Morgan fingerprint density at radius 3 is 2.93 bits per heavy atom. The van der Waals surface area contributed by atoms with Gasteiger partial charge in [0.15, 0.2) is 5.96 Å². The number of anilines is 1. The molecule has 2 aliphatic heterocycles. The Morgan fingerprint density at radius 2 is 2.24 bits per heavy atom. The van der Waals surface area contributed by atoms with Gasteiger partial charge in [0.2, 0.25) is 0 Å². The lowest BCUT2D eigenvalue weighted by Crippen LogP contribution is -2.52. The number of nitrogens with one attached hydrogen (secondary N) is 3. The highest BCUT2D eigenvalue weighted by atomic mass is 19.1. The van der Waals surface area contributed by atoms with Crippen molar-refractivity contribution in [1.29, 1.82) is 0 Å². The van der Waals surface area contributed by atoms with E-state index in [0.717, 1.165) is 57.1 Å². The summed E-state index contributed by atoms with van der Waals surface area (Å²) in [6, 6.07) is 4.78. The summed E-state index contributed by atoms with van der Waals surface area (Å²) in [6.07, 6.45) is 3.03. The summed E-state index contributed by atoms with van der Waals surface area (Å²) in [4.78, 5) is 29.5. The molecule has 1 amide bonds. The molecule has 8 nitrogen and oxygen atoms in total. The van der Waals surface area contributed by atoms with E-state index >= 15 is 0 Å². The van der Waals surface area contributed by atoms with Gasteiger partial charge in [-0.05, 0) is 37.5 Å². The molecule has 2 aliphatic rings. The monoisotopic (exact) mass is 405 g/mol. The van der Waals surface area contributed by atoms with E-state index in [0.29, 0.717) is 0 Å². The SMILES string of the molecule is C[C@H](CNC(=O)c1ccc(N2CCCC(NC3=NCCCN3)C2)cc1F)C(=O)O. The van der Waals surface area contributed by atoms with E-state index < -0.39 is 23.6 Å². The first-order chi connectivity index (χ1) is 13.9. The lowest BCUT2D eigenvalue weighted by molar-refractivity contribution is -0.140. The number of halogens is 1. The number of carbonyl (C=O) groups excluding carboxylic acids is 1. The molecule has 4 N–H and O–H groups in total. The largest absolute Gasteiger partial charge is 0.481 e. The molecule has 1 saturated heterocycles. The summed E-state index contributed by atoms with van der Waals surface area (Å²) in [5.74, 6) is -2.14. The molecule has 1 fully saturated rings. The zero-order chi connectivity index (χ0) is 20.8. The Morgan fingerprint density at radius 1 is 1.41 bits per heavy atom. The van der Waals surface area contributed by atoms with Crippen LogP contribution in [0.1, 0.15) is 36.5 Å². The molecule has 29 heavy (non-hydrogen) atoms. The van der Waals surface area contributed by atoms with Crippen LogP contribution in [0, 0.1) is 11.7 Å². The van der Waals surface area contributed by atoms with Crippen molar-refractivity contribution in [3.05, 3.63) is 29.6 Å². The normalized spacial score (nSPS) is 20.3. The molecule has 1 unspecified atom stereocenters. The number of aliphatic imine (C=N–C) groups is 1. The van der Waals surface area contributed by atoms with Gasteiger partial charge in [-0.3, -0.25) is 14.6 Å². The summed E-state index contributed by atoms with van der Waals surface area (Å²) in [7, 11) is 0. The molecule has 2 atom stereocenters. The average Bonchev–Trinajstić information content (AvgIpc) is 2.72. The molecule has 0 spiro atoms. The van der Waals surface area contributed by atoms with Crippen LogP contribution in [0.25, 0.3) is 0 Å². The van der Waals surface area contributed by atoms with E-state index in [-0.39, 0.29) is 18.2 Å². The number of aliphatic carboxylic acids is 1. The highest BCUT2D eigenvalue weighted by Crippen LogP contribution is 2.23. The van der Waals surface area contributed by atoms with Crippen LogP contribution in [0.5, 0.6) is 0 Å². The molecular weight excluding hydrogens is 377 g/mol. The van der Waals surface area contributed by atoms with E-state index in [9.17, 15) is 14.0 Å². The van der Waals surface area contributed by atoms with Crippen molar-refractivity contribution in [2.75, 3.05) is 37.6 Å². The number of piperidine rings is 1. The number of nitrogens with zero attached hydrogens (tertiary/aromatic N) is 2. The highest BCUT2D eigenvalue weighted by molar-refractivity contribution is 5.95. The molecule has 0 aliphatic carbocycles. The molecule has 0 aromatic heterocycles. The maximum Gasteiger partial charge on any atom is 0.308 e. The fourth-order valence-electron chi connectivity index (χ4n) is 3.47. The number of guanidine groups is 1. The van der Waals surface area contributed by atoms with Gasteiger partial charge in [-0.15, -0.1) is 0 Å². The Balaban J connectivity index is 1.60. The van der Waals surface area contributed by atoms with Crippen LogP contribution in [0.4, 0.5) is 10.1 Å². The van der Waals surface area contributed by atoms with E-state index in [1.54, 1.807) is 6.07 Å². The number of hydrogen-bond acceptors (Lipinski definition) is 6. The summed E-state index contributed by atoms with van der Waals surface area (Å²) in [5, 5.41) is 18.0. The first-order valence-corrected chi connectivity index (χ1v) is 10.0. The molecule has 3 rings (SSSR count). The van der Waals surface area contributed by atoms with Gasteiger partial charge in [-0.2, -0.15) is 0 Å².